The second-order valence-electron chi connectivity index (χ2n) is 9.94. The highest BCUT2D eigenvalue weighted by molar-refractivity contribution is 5.72. The van der Waals surface area contributed by atoms with Crippen LogP contribution in [0.2, 0.25) is 0 Å². The molecule has 0 aliphatic carbocycles. The Kier molecular flexibility index (Phi) is 21.0. The molecule has 0 N–H and O–H groups in total. The minimum Gasteiger partial charge on any atom is -0.466 e. The minimum atomic E-state index is -0.364. The first kappa shape index (κ1) is 32.1. The maximum atomic E-state index is 13.5. The van der Waals surface area contributed by atoms with Crippen LogP contribution in [-0.2, 0) is 25.5 Å². The molecule has 206 valence electrons. The van der Waals surface area contributed by atoms with Gasteiger partial charge in [0.05, 0.1) is 13.2 Å². The summed E-state index contributed by atoms with van der Waals surface area (Å²) < 4.78 is 23.9. The molecule has 0 unspecified atom stereocenters. The number of carbonyl (C=O) groups is 2. The largest absolute Gasteiger partial charge is 0.466 e. The van der Waals surface area contributed by atoms with Crippen LogP contribution < -0.4 is 0 Å². The number of esters is 2. The van der Waals surface area contributed by atoms with E-state index in [0.717, 1.165) is 12.8 Å². The van der Waals surface area contributed by atoms with Gasteiger partial charge in [0.1, 0.15) is 5.82 Å². The van der Waals surface area contributed by atoms with Crippen molar-refractivity contribution in [2.75, 3.05) is 13.2 Å². The van der Waals surface area contributed by atoms with E-state index in [1.165, 1.54) is 96.0 Å². The molecular weight excluding hydrogens is 455 g/mol. The summed E-state index contributed by atoms with van der Waals surface area (Å²) in [6.07, 6.45) is 22.2. The molecule has 0 heterocycles. The summed E-state index contributed by atoms with van der Waals surface area (Å²) in [6, 6.07) is 6.46. The first-order valence-corrected chi connectivity index (χ1v) is 14.7. The average molecular weight is 507 g/mol. The molecule has 4 nitrogen and oxygen atoms in total. The molecule has 0 aliphatic rings. The number of carbonyl (C=O) groups excluding carboxylic acids is 2. The third kappa shape index (κ3) is 19.3. The molecule has 0 spiro atoms. The zero-order valence-electron chi connectivity index (χ0n) is 22.9. The van der Waals surface area contributed by atoms with E-state index < -0.39 is 0 Å². The zero-order chi connectivity index (χ0) is 26.1. The number of halogens is 1. The lowest BCUT2D eigenvalue weighted by molar-refractivity contribution is -0.145. The smallest absolute Gasteiger partial charge is 0.305 e. The summed E-state index contributed by atoms with van der Waals surface area (Å²) in [5, 5.41) is 0. The average Bonchev–Trinajstić information content (AvgIpc) is 2.87. The van der Waals surface area contributed by atoms with Gasteiger partial charge in [-0.15, -0.1) is 0 Å². The molecule has 0 fully saturated rings. The summed E-state index contributed by atoms with van der Waals surface area (Å²) >= 11 is 0. The van der Waals surface area contributed by atoms with E-state index in [-0.39, 0.29) is 37.2 Å². The molecule has 0 radical (unpaired) electrons. The van der Waals surface area contributed by atoms with Gasteiger partial charge in [-0.1, -0.05) is 121 Å². The second-order valence-corrected chi connectivity index (χ2v) is 9.94. The SMILES string of the molecule is CCCCCCCCCCCCCCCCCCOC(=O)CCCC(=O)OCCc1ccccc1F. The van der Waals surface area contributed by atoms with Crippen molar-refractivity contribution in [2.24, 2.45) is 0 Å². The van der Waals surface area contributed by atoms with E-state index in [0.29, 0.717) is 25.0 Å². The summed E-state index contributed by atoms with van der Waals surface area (Å²) in [5.41, 5.74) is 0.531. The number of hydrogen-bond donors (Lipinski definition) is 0. The second kappa shape index (κ2) is 23.5. The first-order chi connectivity index (χ1) is 17.6. The Labute approximate surface area is 219 Å². The van der Waals surface area contributed by atoms with Crippen molar-refractivity contribution < 1.29 is 23.5 Å². The predicted molar refractivity (Wildman–Crippen MR) is 145 cm³/mol. The van der Waals surface area contributed by atoms with E-state index in [9.17, 15) is 14.0 Å². The van der Waals surface area contributed by atoms with Crippen LogP contribution in [-0.4, -0.2) is 25.2 Å². The molecule has 0 saturated heterocycles. The number of unbranched alkanes of at least 4 members (excludes halogenated alkanes) is 15. The Morgan fingerprint density at radius 2 is 1.06 bits per heavy atom. The zero-order valence-corrected chi connectivity index (χ0v) is 22.9. The highest BCUT2D eigenvalue weighted by Gasteiger charge is 2.08. The van der Waals surface area contributed by atoms with Gasteiger partial charge in [-0.3, -0.25) is 9.59 Å². The molecule has 5 heteroatoms. The van der Waals surface area contributed by atoms with Crippen LogP contribution in [0.5, 0.6) is 0 Å². The van der Waals surface area contributed by atoms with Gasteiger partial charge in [-0.05, 0) is 24.5 Å². The van der Waals surface area contributed by atoms with Gasteiger partial charge < -0.3 is 9.47 Å². The van der Waals surface area contributed by atoms with Gasteiger partial charge in [-0.25, -0.2) is 4.39 Å². The van der Waals surface area contributed by atoms with Crippen molar-refractivity contribution in [1.29, 1.82) is 0 Å². The minimum absolute atomic E-state index is 0.142. The Balaban J connectivity index is 1.80. The van der Waals surface area contributed by atoms with E-state index in [1.807, 2.05) is 0 Å². The van der Waals surface area contributed by atoms with Crippen LogP contribution >= 0.6 is 0 Å². The third-order valence-electron chi connectivity index (χ3n) is 6.62. The number of benzene rings is 1. The summed E-state index contributed by atoms with van der Waals surface area (Å²) in [5.74, 6) is -0.910. The summed E-state index contributed by atoms with van der Waals surface area (Å²) in [7, 11) is 0. The lowest BCUT2D eigenvalue weighted by Crippen LogP contribution is -2.10. The van der Waals surface area contributed by atoms with Crippen LogP contribution in [0.4, 0.5) is 4.39 Å². The van der Waals surface area contributed by atoms with Gasteiger partial charge in [0.2, 0.25) is 0 Å². The molecular formula is C31H51FO4. The fourth-order valence-corrected chi connectivity index (χ4v) is 4.33. The maximum absolute atomic E-state index is 13.5. The number of hydrogen-bond acceptors (Lipinski definition) is 4. The van der Waals surface area contributed by atoms with Crippen molar-refractivity contribution in [2.45, 2.75) is 135 Å². The van der Waals surface area contributed by atoms with E-state index in [1.54, 1.807) is 18.2 Å². The van der Waals surface area contributed by atoms with Crippen LogP contribution in [0, 0.1) is 5.82 Å². The van der Waals surface area contributed by atoms with E-state index in [2.05, 4.69) is 6.92 Å². The monoisotopic (exact) mass is 506 g/mol. The first-order valence-electron chi connectivity index (χ1n) is 14.7. The highest BCUT2D eigenvalue weighted by atomic mass is 19.1. The fourth-order valence-electron chi connectivity index (χ4n) is 4.33. The Morgan fingerprint density at radius 1 is 0.611 bits per heavy atom. The van der Waals surface area contributed by atoms with Crippen LogP contribution in [0.25, 0.3) is 0 Å². The van der Waals surface area contributed by atoms with Crippen molar-refractivity contribution >= 4 is 11.9 Å². The topological polar surface area (TPSA) is 52.6 Å². The lowest BCUT2D eigenvalue weighted by atomic mass is 10.0. The van der Waals surface area contributed by atoms with Crippen molar-refractivity contribution in [1.82, 2.24) is 0 Å². The van der Waals surface area contributed by atoms with Gasteiger partial charge in [-0.2, -0.15) is 0 Å². The lowest BCUT2D eigenvalue weighted by Gasteiger charge is -2.07. The molecule has 0 saturated carbocycles. The number of ether oxygens (including phenoxy) is 2. The molecule has 1 rings (SSSR count). The van der Waals surface area contributed by atoms with Crippen molar-refractivity contribution in [3.63, 3.8) is 0 Å². The molecule has 0 amide bonds. The highest BCUT2D eigenvalue weighted by Crippen LogP contribution is 2.14. The molecule has 1 aromatic carbocycles. The molecule has 0 atom stereocenters. The van der Waals surface area contributed by atoms with Gasteiger partial charge >= 0.3 is 11.9 Å². The number of rotatable bonds is 24. The van der Waals surface area contributed by atoms with Gasteiger partial charge in [0.25, 0.3) is 0 Å². The van der Waals surface area contributed by atoms with E-state index >= 15 is 0 Å². The molecule has 0 aliphatic heterocycles. The Hall–Kier alpha value is -1.91. The fraction of sp³-hybridized carbons (Fsp3) is 0.742. The molecule has 36 heavy (non-hydrogen) atoms. The Morgan fingerprint density at radius 3 is 1.56 bits per heavy atom. The third-order valence-corrected chi connectivity index (χ3v) is 6.62. The normalized spacial score (nSPS) is 10.9. The maximum Gasteiger partial charge on any atom is 0.305 e. The molecule has 1 aromatic rings. The van der Waals surface area contributed by atoms with E-state index in [4.69, 9.17) is 9.47 Å². The summed E-state index contributed by atoms with van der Waals surface area (Å²) in [6.45, 7) is 2.87. The Bertz CT molecular complexity index is 676. The van der Waals surface area contributed by atoms with Gasteiger partial charge in [0.15, 0.2) is 0 Å². The van der Waals surface area contributed by atoms with Crippen LogP contribution in [0.15, 0.2) is 24.3 Å². The summed E-state index contributed by atoms with van der Waals surface area (Å²) in [4.78, 5) is 23.6. The standard InChI is InChI=1S/C31H51FO4/c1-2-3-4-5-6-7-8-9-10-11-12-13-14-15-16-19-26-35-30(33)23-20-24-31(34)36-27-25-28-21-17-18-22-29(28)32/h17-18,21-22H,2-16,19-20,23-27H2,1H3. The van der Waals surface area contributed by atoms with Crippen molar-refractivity contribution in [3.8, 4) is 0 Å². The van der Waals surface area contributed by atoms with Crippen LogP contribution in [0.1, 0.15) is 134 Å². The van der Waals surface area contributed by atoms with Crippen molar-refractivity contribution in [3.05, 3.63) is 35.6 Å². The molecule has 0 aromatic heterocycles. The molecule has 0 bridgehead atoms. The quantitative estimate of drug-likeness (QED) is 0.104. The predicted octanol–water partition coefficient (Wildman–Crippen LogP) is 8.89. The van der Waals surface area contributed by atoms with Crippen LogP contribution in [0.3, 0.4) is 0 Å². The van der Waals surface area contributed by atoms with Gasteiger partial charge in [0, 0.05) is 19.3 Å².